The van der Waals surface area contributed by atoms with Crippen molar-refractivity contribution >= 4 is 95.5 Å². The zero-order valence-electron chi connectivity index (χ0n) is 80.8. The molecule has 0 radical (unpaired) electrons. The molecule has 24 rings (SSSR count). The van der Waals surface area contributed by atoms with Crippen molar-refractivity contribution in [1.29, 1.82) is 0 Å². The van der Waals surface area contributed by atoms with Gasteiger partial charge in [-0.25, -0.2) is 46.3 Å². The van der Waals surface area contributed by atoms with Crippen LogP contribution in [-0.2, 0) is 153 Å². The summed E-state index contributed by atoms with van der Waals surface area (Å²) in [5, 5.41) is 9.34. The number of rotatable bonds is 17. The molecule has 47 heteroatoms. The summed E-state index contributed by atoms with van der Waals surface area (Å²) in [6.45, 7) is 13.3. The van der Waals surface area contributed by atoms with Gasteiger partial charge in [0.15, 0.2) is 10.8 Å². The number of aliphatic hydroxyl groups excluding tert-OH is 1. The minimum absolute atomic E-state index is 0.000649. The van der Waals surface area contributed by atoms with Gasteiger partial charge in [0.2, 0.25) is 22.7 Å². The van der Waals surface area contributed by atoms with E-state index < -0.39 is 185 Å². The molecule has 24 aliphatic rings. The molecule has 16 bridgehead atoms. The molecule has 8 aliphatic heterocycles. The molecule has 144 heavy (non-hydrogen) atoms. The van der Waals surface area contributed by atoms with Gasteiger partial charge in [0.05, 0.1) is 47.3 Å². The third kappa shape index (κ3) is 18.7. The summed E-state index contributed by atoms with van der Waals surface area (Å²) < 4.78 is 264. The van der Waals surface area contributed by atoms with Gasteiger partial charge >= 0.3 is 120 Å². The number of esters is 16. The quantitative estimate of drug-likeness (QED) is 0.0803. The fourth-order valence-electron chi connectivity index (χ4n) is 27.3. The topological polar surface area (TPSA) is 441 Å². The molecule has 16 saturated carbocycles. The highest BCUT2D eigenvalue weighted by Crippen LogP contribution is 2.65. The number of carbonyl (C=O) groups excluding carboxylic acids is 16. The molecule has 1 N–H and O–H groups in total. The minimum Gasteiger partial charge on any atom is -0.458 e. The van der Waals surface area contributed by atoms with E-state index in [1.807, 2.05) is 0 Å². The molecule has 41 atom stereocenters. The lowest BCUT2D eigenvalue weighted by Gasteiger charge is -2.31. The van der Waals surface area contributed by atoms with E-state index in [2.05, 4.69) is 0 Å². The molecule has 0 amide bonds. The highest BCUT2D eigenvalue weighted by molar-refractivity contribution is 5.86. The van der Waals surface area contributed by atoms with E-state index in [1.54, 1.807) is 0 Å². The van der Waals surface area contributed by atoms with Crippen LogP contribution in [0.5, 0.6) is 0 Å². The number of carbonyl (C=O) groups is 16. The van der Waals surface area contributed by atoms with Gasteiger partial charge in [0.25, 0.3) is 0 Å². The van der Waals surface area contributed by atoms with E-state index >= 15 is 0 Å². The third-order valence-electron chi connectivity index (χ3n) is 34.9. The number of hydrogen-bond acceptors (Lipinski definition) is 33. The molecule has 0 aromatic rings. The molecular weight excluding hydrogens is 1960 g/mol. The van der Waals surface area contributed by atoms with Crippen LogP contribution < -0.4 is 0 Å². The van der Waals surface area contributed by atoms with Gasteiger partial charge < -0.3 is 80.9 Å². The lowest BCUT2D eigenvalue weighted by atomic mass is 9.79. The molecule has 8 saturated heterocycles. The van der Waals surface area contributed by atoms with Crippen molar-refractivity contribution in [2.45, 2.75) is 338 Å². The zero-order chi connectivity index (χ0) is 106. The first-order valence-electron chi connectivity index (χ1n) is 49.1. The van der Waals surface area contributed by atoms with Crippen molar-refractivity contribution in [2.24, 2.45) is 159 Å². The summed E-state index contributed by atoms with van der Waals surface area (Å²) in [7, 11) is 0. The summed E-state index contributed by atoms with van der Waals surface area (Å²) in [5.74, 6) is -18.7. The van der Waals surface area contributed by atoms with E-state index in [0.29, 0.717) is 78.1 Å². The van der Waals surface area contributed by atoms with E-state index in [0.717, 1.165) is 59.8 Å². The second kappa shape index (κ2) is 36.5. The third-order valence-corrected chi connectivity index (χ3v) is 34.9. The lowest BCUT2D eigenvalue weighted by molar-refractivity contribution is -0.232. The van der Waals surface area contributed by atoms with Crippen molar-refractivity contribution in [3.63, 3.8) is 0 Å². The van der Waals surface area contributed by atoms with Crippen LogP contribution in [0.3, 0.4) is 0 Å². The summed E-state index contributed by atoms with van der Waals surface area (Å²) in [6, 6.07) is 0. The zero-order valence-corrected chi connectivity index (χ0v) is 80.8. The van der Waals surface area contributed by atoms with Gasteiger partial charge in [0, 0.05) is 121 Å². The Morgan fingerprint density at radius 3 is 0.590 bits per heavy atom. The Morgan fingerprint density at radius 2 is 0.410 bits per heavy atom. The van der Waals surface area contributed by atoms with Crippen LogP contribution in [0.15, 0.2) is 0 Å². The van der Waals surface area contributed by atoms with Gasteiger partial charge in [-0.05, 0) is 179 Å². The summed E-state index contributed by atoms with van der Waals surface area (Å²) >= 11 is 0. The highest BCUT2D eigenvalue weighted by Gasteiger charge is 2.74. The number of alkyl halides is 14. The van der Waals surface area contributed by atoms with Crippen LogP contribution in [0.4, 0.5) is 61.5 Å². The van der Waals surface area contributed by atoms with Crippen LogP contribution >= 0.6 is 0 Å². The van der Waals surface area contributed by atoms with E-state index in [1.165, 1.54) is 55.4 Å². The number of hydrogen-bond donors (Lipinski definition) is 1. The number of fused-ring (bicyclic) bond motifs is 8. The fraction of sp³-hybridized carbons (Fsp3) is 0.835. The van der Waals surface area contributed by atoms with E-state index in [4.69, 9.17) is 75.8 Å². The summed E-state index contributed by atoms with van der Waals surface area (Å²) in [5.41, 5.74) is -13.1. The molecule has 0 spiro atoms. The molecular formula is C97H116F14O33. The summed E-state index contributed by atoms with van der Waals surface area (Å²) in [6.07, 6.45) is -7.05. The first-order valence-corrected chi connectivity index (χ1v) is 49.1. The fourth-order valence-corrected chi connectivity index (χ4v) is 27.3. The smallest absolute Gasteiger partial charge is 0.404 e. The van der Waals surface area contributed by atoms with Crippen LogP contribution in [0.2, 0.25) is 0 Å². The SMILES string of the molecule is CC(C)(C(=O)OC1C2CC3C(=O)OC1C3C2)C(F)(F)F.CC(C)(C(=O)OC1C2CC3C(=O)OC1C3C2)C(F)(F)F.CC(C)(F)C(=O)OC1C2CC3C(=O)OC1C3C2.CC(C)(F)C(=O)OC1C2CC3C(=O)OC1C3C2.CC(C)(F)C(=O)OC1C2CC3C(=O)OC1C3C2.CC(C)(F)C(=O)OC1C2CC3C(=O)OC1C3C2.CC(F)(F)C(=O)OC1C2CC3C(=O)OC1C3C2.CC(F)(F)C(=O)OC1C2CC3C1OC(=O)C3C2CO. The number of halogens is 14. The first-order chi connectivity index (χ1) is 66.5. The number of ether oxygens (including phenoxy) is 16. The maximum absolute atomic E-state index is 13.4. The van der Waals surface area contributed by atoms with Gasteiger partial charge in [0.1, 0.15) is 97.7 Å². The van der Waals surface area contributed by atoms with Crippen molar-refractivity contribution in [3.8, 4) is 0 Å². The average Bonchev–Trinajstić information content (AvgIpc) is 1.55. The Balaban J connectivity index is 0.000000113. The predicted octanol–water partition coefficient (Wildman–Crippen LogP) is 10.5. The predicted molar refractivity (Wildman–Crippen MR) is 443 cm³/mol. The molecule has 0 aromatic carbocycles. The first kappa shape index (κ1) is 106. The standard InChI is InChI=1S/2C13H15F3O4.C12H14F2O5.4C12H15FO4.C11H12F2O4/c2*1-12(2,13(14,15)16)11(18)20-8-5-3-6-7(4-5)10(17)19-9(6)8;1-12(13,14)11(17)19-8-4-2-5-7(6(4)3-15)10(16)18-9(5)8;4*1-12(2,13)11(15)17-8-5-3-6-7(4-5)10(14)16-9(6)8;1-11(12,13)10(15)17-7-4-2-5-6(3-4)9(14)16-8(5)7/h2*5-9H,3-4H2,1-2H3;4-9,15H,2-3H2,1H3;4*5-9H,3-4H2,1-2H3;4-8H,2-3H2,1H3. The second-order valence-electron chi connectivity index (χ2n) is 46.5. The van der Waals surface area contributed by atoms with Crippen LogP contribution in [-0.4, -0.2) is 252 Å². The van der Waals surface area contributed by atoms with Crippen LogP contribution in [0.25, 0.3) is 0 Å². The molecule has 16 aliphatic carbocycles. The molecule has 800 valence electrons. The van der Waals surface area contributed by atoms with Crippen molar-refractivity contribution in [1.82, 2.24) is 0 Å². The van der Waals surface area contributed by atoms with Crippen molar-refractivity contribution in [3.05, 3.63) is 0 Å². The molecule has 0 aromatic heterocycles. The molecule has 8 heterocycles. The Morgan fingerprint density at radius 1 is 0.236 bits per heavy atom. The Bertz CT molecular complexity index is 4660. The normalized spacial score (nSPS) is 41.8. The minimum atomic E-state index is -4.67. The maximum Gasteiger partial charge on any atom is 0.404 e. The Hall–Kier alpha value is -9.50. The number of aliphatic hydroxyl groups is 1. The largest absolute Gasteiger partial charge is 0.458 e. The summed E-state index contributed by atoms with van der Waals surface area (Å²) in [4.78, 5) is 184. The van der Waals surface area contributed by atoms with Crippen molar-refractivity contribution in [2.75, 3.05) is 6.61 Å². The molecule has 33 nitrogen and oxygen atoms in total. The van der Waals surface area contributed by atoms with Gasteiger partial charge in [-0.2, -0.15) is 43.9 Å². The van der Waals surface area contributed by atoms with E-state index in [9.17, 15) is 143 Å². The van der Waals surface area contributed by atoms with E-state index in [-0.39, 0.29) is 221 Å². The van der Waals surface area contributed by atoms with Crippen molar-refractivity contribution < 1.29 is 219 Å². The van der Waals surface area contributed by atoms with Gasteiger partial charge in [-0.1, -0.05) is 0 Å². The van der Waals surface area contributed by atoms with Gasteiger partial charge in [-0.3, -0.25) is 47.9 Å². The van der Waals surface area contributed by atoms with Crippen LogP contribution in [0, 0.1) is 159 Å². The molecule has 24 fully saturated rings. The van der Waals surface area contributed by atoms with Crippen LogP contribution in [0.1, 0.15) is 193 Å². The highest BCUT2D eigenvalue weighted by atomic mass is 19.4. The van der Waals surface area contributed by atoms with Gasteiger partial charge in [-0.15, -0.1) is 0 Å². The lowest BCUT2D eigenvalue weighted by Crippen LogP contribution is -2.45. The Labute approximate surface area is 814 Å². The monoisotopic (exact) mass is 2070 g/mol. The maximum atomic E-state index is 13.4. The average molecular weight is 2080 g/mol. The second-order valence-corrected chi connectivity index (χ2v) is 46.5. The Kier molecular flexibility index (Phi) is 26.8. The molecule has 41 unspecified atom stereocenters.